The molecule has 0 fully saturated rings. The first-order valence-electron chi connectivity index (χ1n) is 5.97. The molecule has 1 aromatic heterocycles. The van der Waals surface area contributed by atoms with Crippen molar-refractivity contribution in [3.8, 4) is 17.6 Å². The molecule has 21 heavy (non-hydrogen) atoms. The largest absolute Gasteiger partial charge is 0.454 e. The van der Waals surface area contributed by atoms with Gasteiger partial charge in [-0.25, -0.2) is 0 Å². The van der Waals surface area contributed by atoms with Gasteiger partial charge in [0.05, 0.1) is 16.6 Å². The minimum atomic E-state index is -0.473. The van der Waals surface area contributed by atoms with Crippen LogP contribution in [0.15, 0.2) is 23.6 Å². The number of nitrogens with zero attached hydrogens (tertiary/aromatic N) is 2. The Balaban J connectivity index is 1.84. The number of thiophene rings is 1. The summed E-state index contributed by atoms with van der Waals surface area (Å²) in [6.45, 7) is 0.458. The highest BCUT2D eigenvalue weighted by Gasteiger charge is 2.23. The molecule has 2 heterocycles. The molecule has 0 bridgehead atoms. The molecule has 1 aliphatic heterocycles. The molecule has 0 atom stereocenters. The Morgan fingerprint density at radius 3 is 2.81 bits per heavy atom. The van der Waals surface area contributed by atoms with Crippen LogP contribution in [0.1, 0.15) is 10.4 Å². The average molecular weight is 303 g/mol. The number of rotatable bonds is 4. The summed E-state index contributed by atoms with van der Waals surface area (Å²) < 4.78 is 10.4. The van der Waals surface area contributed by atoms with Gasteiger partial charge in [0, 0.05) is 22.9 Å². The van der Waals surface area contributed by atoms with Crippen molar-refractivity contribution >= 4 is 22.7 Å². The number of hydrogen-bond donors (Lipinski definition) is 1. The van der Waals surface area contributed by atoms with Crippen molar-refractivity contribution in [1.29, 1.82) is 5.26 Å². The second-order valence-electron chi connectivity index (χ2n) is 4.25. The van der Waals surface area contributed by atoms with E-state index in [4.69, 9.17) is 14.7 Å². The summed E-state index contributed by atoms with van der Waals surface area (Å²) in [6.07, 6.45) is 0. The molecule has 0 aliphatic carbocycles. The van der Waals surface area contributed by atoms with E-state index in [2.05, 4.69) is 5.32 Å². The van der Waals surface area contributed by atoms with Gasteiger partial charge in [0.15, 0.2) is 11.5 Å². The Kier molecular flexibility index (Phi) is 3.33. The molecule has 7 nitrogen and oxygen atoms in total. The molecular formula is C13H9N3O4S. The van der Waals surface area contributed by atoms with Crippen LogP contribution >= 0.6 is 11.3 Å². The van der Waals surface area contributed by atoms with E-state index in [0.717, 1.165) is 4.88 Å². The fourth-order valence-corrected chi connectivity index (χ4v) is 2.69. The van der Waals surface area contributed by atoms with E-state index in [-0.39, 0.29) is 12.5 Å². The van der Waals surface area contributed by atoms with Gasteiger partial charge in [0.1, 0.15) is 11.8 Å². The van der Waals surface area contributed by atoms with Gasteiger partial charge in [-0.15, -0.1) is 11.3 Å². The number of nitro benzene ring substituents is 1. The molecule has 0 unspecified atom stereocenters. The van der Waals surface area contributed by atoms with Crippen LogP contribution in [0, 0.1) is 21.4 Å². The van der Waals surface area contributed by atoms with Crippen molar-refractivity contribution in [3.63, 3.8) is 0 Å². The number of nitrogens with one attached hydrogen (secondary N) is 1. The zero-order valence-electron chi connectivity index (χ0n) is 10.7. The SMILES string of the molecule is N#Cc1csc(CNc2cc3c(cc2[N+](=O)[O-])OCO3)c1. The van der Waals surface area contributed by atoms with Crippen molar-refractivity contribution in [2.45, 2.75) is 6.54 Å². The van der Waals surface area contributed by atoms with Gasteiger partial charge in [-0.3, -0.25) is 10.1 Å². The molecule has 0 saturated carbocycles. The second kappa shape index (κ2) is 5.30. The third-order valence-electron chi connectivity index (χ3n) is 2.92. The zero-order valence-corrected chi connectivity index (χ0v) is 11.5. The zero-order chi connectivity index (χ0) is 14.8. The highest BCUT2D eigenvalue weighted by Crippen LogP contribution is 2.40. The first-order chi connectivity index (χ1) is 10.2. The minimum absolute atomic E-state index is 0.0619. The Morgan fingerprint density at radius 2 is 2.14 bits per heavy atom. The van der Waals surface area contributed by atoms with Crippen molar-refractivity contribution in [2.75, 3.05) is 12.1 Å². The fraction of sp³-hybridized carbons (Fsp3) is 0.154. The Hall–Kier alpha value is -2.79. The lowest BCUT2D eigenvalue weighted by Crippen LogP contribution is -2.01. The summed E-state index contributed by atoms with van der Waals surface area (Å²) in [5.74, 6) is 0.849. The first kappa shape index (κ1) is 13.2. The molecule has 1 aromatic carbocycles. The van der Waals surface area contributed by atoms with E-state index in [1.54, 1.807) is 17.5 Å². The van der Waals surface area contributed by atoms with Gasteiger partial charge in [0.25, 0.3) is 5.69 Å². The maximum Gasteiger partial charge on any atom is 0.296 e. The predicted octanol–water partition coefficient (Wildman–Crippen LogP) is 2.87. The average Bonchev–Trinajstić information content (AvgIpc) is 3.12. The molecular weight excluding hydrogens is 294 g/mol. The fourth-order valence-electron chi connectivity index (χ4n) is 1.94. The molecule has 1 aliphatic rings. The summed E-state index contributed by atoms with van der Waals surface area (Å²) in [7, 11) is 0. The molecule has 8 heteroatoms. The molecule has 0 radical (unpaired) electrons. The van der Waals surface area contributed by atoms with Gasteiger partial charge in [-0.05, 0) is 6.07 Å². The van der Waals surface area contributed by atoms with Crippen LogP contribution < -0.4 is 14.8 Å². The summed E-state index contributed by atoms with van der Waals surface area (Å²) in [4.78, 5) is 11.6. The first-order valence-corrected chi connectivity index (χ1v) is 6.85. The minimum Gasteiger partial charge on any atom is -0.454 e. The standard InChI is InChI=1S/C13H9N3O4S/c14-4-8-1-9(21-6-8)5-15-10-2-12-13(20-7-19-12)3-11(10)16(17)18/h1-3,6,15H,5,7H2. The molecule has 2 aromatic rings. The highest BCUT2D eigenvalue weighted by atomic mass is 32.1. The third kappa shape index (κ3) is 2.59. The molecule has 3 rings (SSSR count). The Morgan fingerprint density at radius 1 is 1.38 bits per heavy atom. The molecule has 0 saturated heterocycles. The van der Waals surface area contributed by atoms with Crippen LogP contribution in [0.2, 0.25) is 0 Å². The van der Waals surface area contributed by atoms with E-state index in [1.165, 1.54) is 17.4 Å². The quantitative estimate of drug-likeness (QED) is 0.689. The number of nitriles is 1. The van der Waals surface area contributed by atoms with Crippen LogP contribution in [0.5, 0.6) is 11.5 Å². The lowest BCUT2D eigenvalue weighted by molar-refractivity contribution is -0.384. The summed E-state index contributed by atoms with van der Waals surface area (Å²) in [5, 5.41) is 24.6. The van der Waals surface area contributed by atoms with Crippen molar-refractivity contribution < 1.29 is 14.4 Å². The smallest absolute Gasteiger partial charge is 0.296 e. The molecule has 1 N–H and O–H groups in total. The van der Waals surface area contributed by atoms with Gasteiger partial charge in [-0.1, -0.05) is 0 Å². The van der Waals surface area contributed by atoms with E-state index in [0.29, 0.717) is 29.3 Å². The van der Waals surface area contributed by atoms with Crippen LogP contribution in [0.3, 0.4) is 0 Å². The van der Waals surface area contributed by atoms with E-state index < -0.39 is 4.92 Å². The number of ether oxygens (including phenoxy) is 2. The van der Waals surface area contributed by atoms with Gasteiger partial charge in [-0.2, -0.15) is 5.26 Å². The van der Waals surface area contributed by atoms with Gasteiger partial charge < -0.3 is 14.8 Å². The monoisotopic (exact) mass is 303 g/mol. The van der Waals surface area contributed by atoms with Crippen molar-refractivity contribution in [2.24, 2.45) is 0 Å². The maximum atomic E-state index is 11.1. The van der Waals surface area contributed by atoms with E-state index in [1.807, 2.05) is 6.07 Å². The lowest BCUT2D eigenvalue weighted by Gasteiger charge is -2.07. The van der Waals surface area contributed by atoms with E-state index in [9.17, 15) is 10.1 Å². The van der Waals surface area contributed by atoms with Crippen LogP contribution in [0.4, 0.5) is 11.4 Å². The molecule has 106 valence electrons. The number of fused-ring (bicyclic) bond motifs is 1. The highest BCUT2D eigenvalue weighted by molar-refractivity contribution is 7.10. The van der Waals surface area contributed by atoms with E-state index >= 15 is 0 Å². The van der Waals surface area contributed by atoms with Gasteiger partial charge in [0.2, 0.25) is 6.79 Å². The lowest BCUT2D eigenvalue weighted by atomic mass is 10.2. The summed E-state index contributed by atoms with van der Waals surface area (Å²) in [5.41, 5.74) is 0.865. The van der Waals surface area contributed by atoms with Crippen LogP contribution in [-0.4, -0.2) is 11.7 Å². The van der Waals surface area contributed by atoms with Crippen molar-refractivity contribution in [3.05, 3.63) is 44.1 Å². The van der Waals surface area contributed by atoms with Gasteiger partial charge >= 0.3 is 0 Å². The second-order valence-corrected chi connectivity index (χ2v) is 5.24. The number of nitro groups is 1. The predicted molar refractivity (Wildman–Crippen MR) is 75.6 cm³/mol. The Labute approximate surface area is 123 Å². The van der Waals surface area contributed by atoms with Crippen molar-refractivity contribution in [1.82, 2.24) is 0 Å². The Bertz CT molecular complexity index is 750. The normalized spacial score (nSPS) is 12.0. The number of hydrogen-bond acceptors (Lipinski definition) is 7. The maximum absolute atomic E-state index is 11.1. The third-order valence-corrected chi connectivity index (χ3v) is 3.86. The molecule has 0 spiro atoms. The number of benzene rings is 1. The number of anilines is 1. The van der Waals surface area contributed by atoms with Crippen LogP contribution in [-0.2, 0) is 6.54 Å². The summed E-state index contributed by atoms with van der Waals surface area (Å²) in [6, 6.07) is 6.70. The summed E-state index contributed by atoms with van der Waals surface area (Å²) >= 11 is 1.42. The van der Waals surface area contributed by atoms with Crippen LogP contribution in [0.25, 0.3) is 0 Å². The molecule has 0 amide bonds. The topological polar surface area (TPSA) is 97.4 Å².